The van der Waals surface area contributed by atoms with Crippen LogP contribution in [0.15, 0.2) is 30.5 Å². The number of carboxylic acids is 3. The van der Waals surface area contributed by atoms with Gasteiger partial charge < -0.3 is 52.4 Å². The molecule has 228 valence electrons. The number of benzene rings is 1. The molecule has 0 radical (unpaired) electrons. The van der Waals surface area contributed by atoms with Gasteiger partial charge in [0.2, 0.25) is 23.6 Å². The fourth-order valence-electron chi connectivity index (χ4n) is 3.85. The molecule has 17 heteroatoms. The second kappa shape index (κ2) is 15.7. The van der Waals surface area contributed by atoms with Gasteiger partial charge in [-0.2, -0.15) is 0 Å². The third kappa shape index (κ3) is 10.2. The standard InChI is InChI=1S/C25H32N6O11/c26-14(7-12-9-27-15-4-2-1-3-13(12)15)22(39)29-16(5-6-19(33)34)24(41)31-18(11-32)25(42)30-17(8-20(35)36)23(40)28-10-21(37)38/h1-4,9,14,16-18,27,32H,5-8,10-11,26H2,(H,28,40)(H,29,39)(H,30,42)(H,31,41)(H,33,34)(H,35,36)(H,37,38)/t14-,16-,17+,18-/m0/s1. The van der Waals surface area contributed by atoms with E-state index in [1.54, 1.807) is 12.3 Å². The predicted octanol–water partition coefficient (Wildman–Crippen LogP) is -2.98. The predicted molar refractivity (Wildman–Crippen MR) is 143 cm³/mol. The van der Waals surface area contributed by atoms with Crippen molar-refractivity contribution < 1.29 is 54.0 Å². The van der Waals surface area contributed by atoms with Gasteiger partial charge in [-0.1, -0.05) is 18.2 Å². The molecule has 0 aliphatic rings. The van der Waals surface area contributed by atoms with Gasteiger partial charge >= 0.3 is 17.9 Å². The van der Waals surface area contributed by atoms with Gasteiger partial charge in [-0.05, 0) is 24.5 Å². The number of carbonyl (C=O) groups is 7. The minimum Gasteiger partial charge on any atom is -0.481 e. The summed E-state index contributed by atoms with van der Waals surface area (Å²) in [6.45, 7) is -1.90. The second-order valence-electron chi connectivity index (χ2n) is 9.18. The minimum atomic E-state index is -1.76. The van der Waals surface area contributed by atoms with Crippen molar-refractivity contribution in [2.24, 2.45) is 5.73 Å². The molecule has 42 heavy (non-hydrogen) atoms. The largest absolute Gasteiger partial charge is 0.481 e. The minimum absolute atomic E-state index is 0.0691. The third-order valence-corrected chi connectivity index (χ3v) is 5.97. The van der Waals surface area contributed by atoms with Crippen molar-refractivity contribution >= 4 is 52.4 Å². The number of aromatic amines is 1. The van der Waals surface area contributed by atoms with E-state index in [2.05, 4.69) is 15.6 Å². The first-order valence-electron chi connectivity index (χ1n) is 12.6. The molecule has 2 rings (SSSR count). The number of amides is 4. The van der Waals surface area contributed by atoms with E-state index in [-0.39, 0.29) is 6.42 Å². The number of aliphatic hydroxyl groups is 1. The molecule has 0 unspecified atom stereocenters. The quantitative estimate of drug-likeness (QED) is 0.0880. The average molecular weight is 593 g/mol. The van der Waals surface area contributed by atoms with Crippen molar-refractivity contribution in [1.29, 1.82) is 0 Å². The van der Waals surface area contributed by atoms with E-state index >= 15 is 0 Å². The number of fused-ring (bicyclic) bond motifs is 1. The molecule has 17 nitrogen and oxygen atoms in total. The topological polar surface area (TPSA) is 290 Å². The molecule has 0 aliphatic carbocycles. The molecule has 1 aromatic heterocycles. The Bertz CT molecular complexity index is 1330. The molecule has 4 amide bonds. The SMILES string of the molecule is N[C@@H](Cc1c[nH]c2ccccc12)C(=O)N[C@@H](CCC(=O)O)C(=O)N[C@@H](CO)C(=O)N[C@H](CC(=O)O)C(=O)NCC(=O)O. The fourth-order valence-corrected chi connectivity index (χ4v) is 3.85. The van der Waals surface area contributed by atoms with Gasteiger partial charge in [-0.3, -0.25) is 33.6 Å². The molecular weight excluding hydrogens is 560 g/mol. The van der Waals surface area contributed by atoms with E-state index in [1.165, 1.54) is 0 Å². The number of nitrogens with one attached hydrogen (secondary N) is 5. The van der Waals surface area contributed by atoms with Crippen LogP contribution in [0.4, 0.5) is 0 Å². The van der Waals surface area contributed by atoms with Gasteiger partial charge in [0.05, 0.1) is 19.1 Å². The fraction of sp³-hybridized carbons (Fsp3) is 0.400. The van der Waals surface area contributed by atoms with Crippen LogP contribution in [0.1, 0.15) is 24.8 Å². The second-order valence-corrected chi connectivity index (χ2v) is 9.18. The summed E-state index contributed by atoms with van der Waals surface area (Å²) in [5.74, 6) is -8.45. The van der Waals surface area contributed by atoms with Gasteiger partial charge in [0, 0.05) is 23.5 Å². The zero-order chi connectivity index (χ0) is 31.4. The van der Waals surface area contributed by atoms with Crippen LogP contribution in [-0.4, -0.2) is 104 Å². The number of H-pyrrole nitrogens is 1. The van der Waals surface area contributed by atoms with Gasteiger partial charge in [-0.25, -0.2) is 0 Å². The molecule has 11 N–H and O–H groups in total. The lowest BCUT2D eigenvalue weighted by Crippen LogP contribution is -2.59. The number of aromatic nitrogens is 1. The van der Waals surface area contributed by atoms with Crippen LogP contribution in [0.5, 0.6) is 0 Å². The number of aliphatic hydroxyl groups excluding tert-OH is 1. The zero-order valence-electron chi connectivity index (χ0n) is 22.2. The van der Waals surface area contributed by atoms with Crippen LogP contribution in [0.25, 0.3) is 10.9 Å². The van der Waals surface area contributed by atoms with Crippen LogP contribution >= 0.6 is 0 Å². The van der Waals surface area contributed by atoms with E-state index < -0.39 is 98.1 Å². The zero-order valence-corrected chi connectivity index (χ0v) is 22.2. The summed E-state index contributed by atoms with van der Waals surface area (Å²) < 4.78 is 0. The van der Waals surface area contributed by atoms with Crippen molar-refractivity contribution in [2.75, 3.05) is 13.2 Å². The maximum Gasteiger partial charge on any atom is 0.322 e. The highest BCUT2D eigenvalue weighted by Crippen LogP contribution is 2.18. The number of hydrogen-bond acceptors (Lipinski definition) is 9. The van der Waals surface area contributed by atoms with Crippen molar-refractivity contribution in [3.8, 4) is 0 Å². The summed E-state index contributed by atoms with van der Waals surface area (Å²) >= 11 is 0. The van der Waals surface area contributed by atoms with E-state index in [1.807, 2.05) is 28.8 Å². The van der Waals surface area contributed by atoms with E-state index in [0.717, 1.165) is 16.5 Å². The van der Waals surface area contributed by atoms with Gasteiger partial charge in [0.1, 0.15) is 24.7 Å². The first-order chi connectivity index (χ1) is 19.8. The lowest BCUT2D eigenvalue weighted by atomic mass is 10.0. The Morgan fingerprint density at radius 3 is 2.02 bits per heavy atom. The maximum absolute atomic E-state index is 13.0. The maximum atomic E-state index is 13.0. The van der Waals surface area contributed by atoms with Crippen LogP contribution in [-0.2, 0) is 40.0 Å². The highest BCUT2D eigenvalue weighted by Gasteiger charge is 2.31. The van der Waals surface area contributed by atoms with Crippen molar-refractivity contribution in [1.82, 2.24) is 26.3 Å². The van der Waals surface area contributed by atoms with Gasteiger partial charge in [-0.15, -0.1) is 0 Å². The molecule has 0 bridgehead atoms. The molecule has 2 aromatic rings. The molecule has 0 saturated carbocycles. The lowest BCUT2D eigenvalue weighted by molar-refractivity contribution is -0.142. The van der Waals surface area contributed by atoms with Gasteiger partial charge in [0.15, 0.2) is 0 Å². The summed E-state index contributed by atoms with van der Waals surface area (Å²) in [5.41, 5.74) is 7.58. The first-order valence-corrected chi connectivity index (χ1v) is 12.6. The Labute approximate surface area is 237 Å². The molecule has 1 aromatic carbocycles. The van der Waals surface area contributed by atoms with Crippen LogP contribution in [0, 0.1) is 0 Å². The Hall–Kier alpha value is -5.03. The smallest absolute Gasteiger partial charge is 0.322 e. The van der Waals surface area contributed by atoms with Crippen LogP contribution < -0.4 is 27.0 Å². The number of nitrogens with two attached hydrogens (primary N) is 1. The number of aliphatic carboxylic acids is 3. The first kappa shape index (κ1) is 33.2. The molecule has 0 fully saturated rings. The summed E-state index contributed by atoms with van der Waals surface area (Å²) in [6, 6.07) is 1.11. The highest BCUT2D eigenvalue weighted by molar-refractivity contribution is 5.96. The number of carboxylic acid groups (broad SMARTS) is 3. The number of para-hydroxylation sites is 1. The highest BCUT2D eigenvalue weighted by atomic mass is 16.4. The summed E-state index contributed by atoms with van der Waals surface area (Å²) in [4.78, 5) is 86.6. The van der Waals surface area contributed by atoms with E-state index in [9.17, 15) is 38.7 Å². The monoisotopic (exact) mass is 592 g/mol. The van der Waals surface area contributed by atoms with Crippen LogP contribution in [0.2, 0.25) is 0 Å². The molecule has 1 heterocycles. The Morgan fingerprint density at radius 2 is 1.40 bits per heavy atom. The Morgan fingerprint density at radius 1 is 0.786 bits per heavy atom. The summed E-state index contributed by atoms with van der Waals surface area (Å²) in [6.07, 6.45) is -0.173. The van der Waals surface area contributed by atoms with Crippen molar-refractivity contribution in [3.63, 3.8) is 0 Å². The third-order valence-electron chi connectivity index (χ3n) is 5.97. The van der Waals surface area contributed by atoms with Crippen LogP contribution in [0.3, 0.4) is 0 Å². The van der Waals surface area contributed by atoms with Crippen molar-refractivity contribution in [3.05, 3.63) is 36.0 Å². The normalized spacial score (nSPS) is 13.7. The van der Waals surface area contributed by atoms with E-state index in [0.29, 0.717) is 0 Å². The van der Waals surface area contributed by atoms with Crippen molar-refractivity contribution in [2.45, 2.75) is 49.9 Å². The Balaban J connectivity index is 2.10. The molecule has 0 aliphatic heterocycles. The Kier molecular flexibility index (Phi) is 12.4. The summed E-state index contributed by atoms with van der Waals surface area (Å²) in [5, 5.41) is 45.7. The summed E-state index contributed by atoms with van der Waals surface area (Å²) in [7, 11) is 0. The van der Waals surface area contributed by atoms with E-state index in [4.69, 9.17) is 21.1 Å². The van der Waals surface area contributed by atoms with Gasteiger partial charge in [0.25, 0.3) is 0 Å². The number of rotatable bonds is 17. The number of hydrogen-bond donors (Lipinski definition) is 10. The molecule has 0 saturated heterocycles. The lowest BCUT2D eigenvalue weighted by Gasteiger charge is -2.24. The molecule has 0 spiro atoms. The molecule has 4 atom stereocenters. The number of carbonyl (C=O) groups excluding carboxylic acids is 4. The average Bonchev–Trinajstić information content (AvgIpc) is 3.33. The molecular formula is C25H32N6O11.